The van der Waals surface area contributed by atoms with Crippen LogP contribution in [-0.4, -0.2) is 43.0 Å². The predicted molar refractivity (Wildman–Crippen MR) is 128 cm³/mol. The number of carbonyl (C=O) groups is 3. The Labute approximate surface area is 197 Å². The van der Waals surface area contributed by atoms with E-state index in [0.717, 1.165) is 10.5 Å². The van der Waals surface area contributed by atoms with Crippen LogP contribution in [0.25, 0.3) is 0 Å². The maximum atomic E-state index is 13.4. The van der Waals surface area contributed by atoms with Crippen LogP contribution in [0.1, 0.15) is 12.0 Å². The summed E-state index contributed by atoms with van der Waals surface area (Å²) in [6.07, 6.45) is -0.171. The maximum absolute atomic E-state index is 13.4. The Morgan fingerprint density at radius 3 is 2.18 bits per heavy atom. The molecule has 8 nitrogen and oxygen atoms in total. The summed E-state index contributed by atoms with van der Waals surface area (Å²) in [5.74, 6) is 0.264. The molecular weight excluding hydrogens is 434 g/mol. The Hall–Kier alpha value is -4.33. The molecule has 174 valence electrons. The summed E-state index contributed by atoms with van der Waals surface area (Å²) in [6, 6.07) is 21.5. The molecule has 0 aromatic heterocycles. The van der Waals surface area contributed by atoms with Gasteiger partial charge in [0.2, 0.25) is 5.91 Å². The molecule has 1 N–H and O–H groups in total. The Morgan fingerprint density at radius 2 is 1.53 bits per heavy atom. The zero-order valence-corrected chi connectivity index (χ0v) is 18.9. The van der Waals surface area contributed by atoms with Crippen molar-refractivity contribution in [2.24, 2.45) is 0 Å². The molecule has 0 saturated carbocycles. The van der Waals surface area contributed by atoms with E-state index in [9.17, 15) is 14.4 Å². The first kappa shape index (κ1) is 22.8. The summed E-state index contributed by atoms with van der Waals surface area (Å²) in [5, 5.41) is 2.79. The number of ether oxygens (including phenoxy) is 2. The molecule has 1 fully saturated rings. The van der Waals surface area contributed by atoms with E-state index in [4.69, 9.17) is 9.47 Å². The van der Waals surface area contributed by atoms with Gasteiger partial charge < -0.3 is 19.7 Å². The molecule has 1 saturated heterocycles. The van der Waals surface area contributed by atoms with Crippen LogP contribution in [0, 0.1) is 0 Å². The van der Waals surface area contributed by atoms with Crippen molar-refractivity contribution in [3.05, 3.63) is 84.4 Å². The lowest BCUT2D eigenvalue weighted by Gasteiger charge is -2.22. The molecule has 0 spiro atoms. The SMILES string of the molecule is COc1ccc(CN2C(=O)N(c3ccccc3)C(=O)C2CC(=O)Nc2ccccc2)cc1OC. The fourth-order valence-electron chi connectivity index (χ4n) is 3.91. The van der Waals surface area contributed by atoms with Crippen molar-refractivity contribution < 1.29 is 23.9 Å². The molecule has 4 amide bonds. The molecule has 0 radical (unpaired) electrons. The van der Waals surface area contributed by atoms with Crippen LogP contribution in [0.5, 0.6) is 11.5 Å². The predicted octanol–water partition coefficient (Wildman–Crippen LogP) is 4.07. The summed E-state index contributed by atoms with van der Waals surface area (Å²) in [4.78, 5) is 42.1. The third-order valence-corrected chi connectivity index (χ3v) is 5.57. The highest BCUT2D eigenvalue weighted by molar-refractivity contribution is 6.22. The molecule has 8 heteroatoms. The summed E-state index contributed by atoms with van der Waals surface area (Å²) in [7, 11) is 3.07. The Balaban J connectivity index is 1.62. The van der Waals surface area contributed by atoms with Gasteiger partial charge in [-0.3, -0.25) is 9.59 Å². The first-order valence-electron chi connectivity index (χ1n) is 10.8. The fourth-order valence-corrected chi connectivity index (χ4v) is 3.91. The number of para-hydroxylation sites is 2. The molecule has 1 aliphatic rings. The van der Waals surface area contributed by atoms with Crippen LogP contribution in [0.3, 0.4) is 0 Å². The van der Waals surface area contributed by atoms with Crippen LogP contribution < -0.4 is 19.7 Å². The Morgan fingerprint density at radius 1 is 0.882 bits per heavy atom. The number of benzene rings is 3. The number of amides is 4. The van der Waals surface area contributed by atoms with Gasteiger partial charge in [-0.15, -0.1) is 0 Å². The third kappa shape index (κ3) is 4.71. The smallest absolute Gasteiger partial charge is 0.332 e. The van der Waals surface area contributed by atoms with Crippen molar-refractivity contribution in [1.29, 1.82) is 0 Å². The summed E-state index contributed by atoms with van der Waals surface area (Å²) < 4.78 is 10.7. The van der Waals surface area contributed by atoms with Gasteiger partial charge in [-0.25, -0.2) is 9.69 Å². The minimum absolute atomic E-state index is 0.123. The highest BCUT2D eigenvalue weighted by Gasteiger charge is 2.46. The second-order valence-electron chi connectivity index (χ2n) is 7.74. The number of imide groups is 1. The minimum Gasteiger partial charge on any atom is -0.493 e. The van der Waals surface area contributed by atoms with Crippen molar-refractivity contribution >= 4 is 29.2 Å². The largest absolute Gasteiger partial charge is 0.493 e. The number of rotatable bonds is 8. The standard InChI is InChI=1S/C26H25N3O5/c1-33-22-14-13-18(15-23(22)34-2)17-28-21(16-24(30)27-19-9-5-3-6-10-19)25(31)29(26(28)32)20-11-7-4-8-12-20/h3-15,21H,16-17H2,1-2H3,(H,27,30). The molecule has 1 heterocycles. The minimum atomic E-state index is -0.954. The van der Waals surface area contributed by atoms with Crippen molar-refractivity contribution in [3.63, 3.8) is 0 Å². The quantitative estimate of drug-likeness (QED) is 0.513. The number of nitrogens with one attached hydrogen (secondary N) is 1. The Bertz CT molecular complexity index is 1180. The number of urea groups is 1. The van der Waals surface area contributed by atoms with E-state index >= 15 is 0 Å². The van der Waals surface area contributed by atoms with Crippen LogP contribution in [0.15, 0.2) is 78.9 Å². The van der Waals surface area contributed by atoms with Gasteiger partial charge in [0, 0.05) is 12.2 Å². The lowest BCUT2D eigenvalue weighted by atomic mass is 10.1. The number of anilines is 2. The monoisotopic (exact) mass is 459 g/mol. The maximum Gasteiger partial charge on any atom is 0.332 e. The van der Waals surface area contributed by atoms with Crippen LogP contribution >= 0.6 is 0 Å². The van der Waals surface area contributed by atoms with E-state index in [1.165, 1.54) is 12.0 Å². The highest BCUT2D eigenvalue weighted by Crippen LogP contribution is 2.31. The second-order valence-corrected chi connectivity index (χ2v) is 7.74. The first-order chi connectivity index (χ1) is 16.5. The zero-order chi connectivity index (χ0) is 24.1. The van der Waals surface area contributed by atoms with Crippen LogP contribution in [-0.2, 0) is 16.1 Å². The third-order valence-electron chi connectivity index (χ3n) is 5.57. The molecule has 1 atom stereocenters. The Kier molecular flexibility index (Phi) is 6.77. The van der Waals surface area contributed by atoms with Crippen molar-refractivity contribution in [2.45, 2.75) is 19.0 Å². The molecule has 3 aromatic rings. The van der Waals surface area contributed by atoms with Gasteiger partial charge in [0.25, 0.3) is 5.91 Å². The molecule has 1 unspecified atom stereocenters. The molecular formula is C26H25N3O5. The van der Waals surface area contributed by atoms with E-state index in [1.54, 1.807) is 79.9 Å². The van der Waals surface area contributed by atoms with E-state index in [0.29, 0.717) is 22.9 Å². The van der Waals surface area contributed by atoms with Gasteiger partial charge in [0.15, 0.2) is 11.5 Å². The summed E-state index contributed by atoms with van der Waals surface area (Å²) in [6.45, 7) is 0.123. The highest BCUT2D eigenvalue weighted by atomic mass is 16.5. The summed E-state index contributed by atoms with van der Waals surface area (Å²) in [5.41, 5.74) is 1.82. The normalized spacial score (nSPS) is 15.4. The average molecular weight is 460 g/mol. The van der Waals surface area contributed by atoms with E-state index in [2.05, 4.69) is 5.32 Å². The number of hydrogen-bond acceptors (Lipinski definition) is 5. The van der Waals surface area contributed by atoms with Gasteiger partial charge in [0.1, 0.15) is 6.04 Å². The molecule has 1 aliphatic heterocycles. The average Bonchev–Trinajstić information content (AvgIpc) is 3.08. The summed E-state index contributed by atoms with van der Waals surface area (Å²) >= 11 is 0. The molecule has 4 rings (SSSR count). The topological polar surface area (TPSA) is 88.2 Å². The lowest BCUT2D eigenvalue weighted by Crippen LogP contribution is -2.37. The first-order valence-corrected chi connectivity index (χ1v) is 10.8. The van der Waals surface area contributed by atoms with Gasteiger partial charge in [-0.2, -0.15) is 0 Å². The second kappa shape index (κ2) is 10.1. The van der Waals surface area contributed by atoms with Crippen molar-refractivity contribution in [3.8, 4) is 11.5 Å². The van der Waals surface area contributed by atoms with Crippen molar-refractivity contribution in [1.82, 2.24) is 4.90 Å². The zero-order valence-electron chi connectivity index (χ0n) is 18.9. The van der Waals surface area contributed by atoms with E-state index in [1.807, 2.05) is 6.07 Å². The molecule has 3 aromatic carbocycles. The van der Waals surface area contributed by atoms with Gasteiger partial charge >= 0.3 is 6.03 Å². The van der Waals surface area contributed by atoms with Gasteiger partial charge in [0.05, 0.1) is 26.3 Å². The molecule has 0 bridgehead atoms. The van der Waals surface area contributed by atoms with Gasteiger partial charge in [-0.05, 0) is 42.0 Å². The fraction of sp³-hybridized carbons (Fsp3) is 0.192. The lowest BCUT2D eigenvalue weighted by molar-refractivity contribution is -0.124. The van der Waals surface area contributed by atoms with E-state index < -0.39 is 18.0 Å². The number of hydrogen-bond donors (Lipinski definition) is 1. The van der Waals surface area contributed by atoms with E-state index in [-0.39, 0.29) is 18.9 Å². The number of methoxy groups -OCH3 is 2. The molecule has 0 aliphatic carbocycles. The number of carbonyl (C=O) groups excluding carboxylic acids is 3. The van der Waals surface area contributed by atoms with Crippen molar-refractivity contribution in [2.75, 3.05) is 24.4 Å². The number of nitrogens with zero attached hydrogens (tertiary/aromatic N) is 2. The van der Waals surface area contributed by atoms with Crippen LogP contribution in [0.4, 0.5) is 16.2 Å². The van der Waals surface area contributed by atoms with Gasteiger partial charge in [-0.1, -0.05) is 42.5 Å². The molecule has 34 heavy (non-hydrogen) atoms. The van der Waals surface area contributed by atoms with Crippen LogP contribution in [0.2, 0.25) is 0 Å².